The van der Waals surface area contributed by atoms with Gasteiger partial charge in [0.05, 0.1) is 24.3 Å². The first kappa shape index (κ1) is 18.1. The Balaban J connectivity index is 0.00000289. The van der Waals surface area contributed by atoms with Crippen LogP contribution in [0.1, 0.15) is 17.3 Å². The molecule has 0 aliphatic rings. The van der Waals surface area contributed by atoms with E-state index in [4.69, 9.17) is 32.7 Å². The van der Waals surface area contributed by atoms with E-state index in [2.05, 4.69) is 0 Å². The Morgan fingerprint density at radius 2 is 1.67 bits per heavy atom. The maximum Gasteiger partial charge on any atom is 0.188 e. The number of rotatable bonds is 5. The fourth-order valence-corrected chi connectivity index (χ4v) is 2.78. The van der Waals surface area contributed by atoms with Gasteiger partial charge in [-0.05, 0) is 20.8 Å². The van der Waals surface area contributed by atoms with E-state index in [1.807, 2.05) is 6.92 Å². The maximum absolute atomic E-state index is 12.0. The third kappa shape index (κ3) is 3.79. The summed E-state index contributed by atoms with van der Waals surface area (Å²) in [6.07, 6.45) is 0.759. The van der Waals surface area contributed by atoms with E-state index in [9.17, 15) is 4.79 Å². The molecule has 0 bridgehead atoms. The molecule has 0 aromatic heterocycles. The molecule has 1 aromatic carbocycles. The average Bonchev–Trinajstić information content (AvgIpc) is 2.28. The van der Waals surface area contributed by atoms with Crippen molar-refractivity contribution in [2.45, 2.75) is 6.92 Å². The van der Waals surface area contributed by atoms with E-state index < -0.39 is 0 Å². The second-order valence-corrected chi connectivity index (χ2v) is 5.47. The van der Waals surface area contributed by atoms with E-state index in [0.717, 1.165) is 6.16 Å². The quantitative estimate of drug-likeness (QED) is 0.617. The zero-order valence-electron chi connectivity index (χ0n) is 10.8. The summed E-state index contributed by atoms with van der Waals surface area (Å²) in [6.45, 7) is 1.93. The van der Waals surface area contributed by atoms with Gasteiger partial charge >= 0.3 is 0 Å². The van der Waals surface area contributed by atoms with Gasteiger partial charge in [0.1, 0.15) is 5.56 Å². The summed E-state index contributed by atoms with van der Waals surface area (Å²) in [4.78, 5) is 12.0. The Morgan fingerprint density at radius 3 is 2.00 bits per heavy atom. The normalized spacial score (nSPS) is 10.3. The van der Waals surface area contributed by atoms with Gasteiger partial charge in [0.25, 0.3) is 0 Å². The van der Waals surface area contributed by atoms with Gasteiger partial charge in [-0.3, -0.25) is 4.79 Å². The molecule has 1 atom stereocenters. The number of benzene rings is 1. The fourth-order valence-electron chi connectivity index (χ4n) is 1.44. The summed E-state index contributed by atoms with van der Waals surface area (Å²) in [5.74, 6) is 0.637. The Hall–Kier alpha value is 0.0974. The van der Waals surface area contributed by atoms with Crippen molar-refractivity contribution in [1.82, 2.24) is 0 Å². The maximum atomic E-state index is 12.0. The smallest absolute Gasteiger partial charge is 0.188 e. The van der Waals surface area contributed by atoms with Crippen molar-refractivity contribution >= 4 is 56.2 Å². The molecule has 0 N–H and O–H groups in total. The van der Waals surface area contributed by atoms with Crippen molar-refractivity contribution in [3.05, 3.63) is 21.7 Å². The Bertz CT molecular complexity index is 413. The van der Waals surface area contributed by atoms with Crippen LogP contribution in [-0.2, 0) is 0 Å². The summed E-state index contributed by atoms with van der Waals surface area (Å²) >= 11 is 12.0. The Kier molecular flexibility index (Phi) is 8.35. The fraction of sp³-hybridized carbons (Fsp3) is 0.364. The summed E-state index contributed by atoms with van der Waals surface area (Å²) in [5.41, 5.74) is 0.262. The molecule has 7 heteroatoms. The molecule has 0 fully saturated rings. The van der Waals surface area contributed by atoms with E-state index in [-0.39, 0.29) is 33.0 Å². The molecule has 0 aliphatic carbocycles. The molecule has 95 valence electrons. The number of hydrogen-bond donors (Lipinski definition) is 0. The summed E-state index contributed by atoms with van der Waals surface area (Å²) in [5, 5.41) is 0.616. The molecule has 0 aliphatic heterocycles. The minimum atomic E-state index is -0.0643. The van der Waals surface area contributed by atoms with Crippen LogP contribution in [0.4, 0.5) is 0 Å². The first-order valence-corrected chi connectivity index (χ1v) is 6.91. The molecule has 0 saturated heterocycles. The molecule has 1 rings (SSSR count). The summed E-state index contributed by atoms with van der Waals surface area (Å²) in [7, 11) is 3.06. The minimum Gasteiger partial charge on any atom is -0.494 e. The van der Waals surface area contributed by atoms with Gasteiger partial charge in [0, 0.05) is 18.9 Å². The summed E-state index contributed by atoms with van der Waals surface area (Å²) < 4.78 is 10.3. The van der Waals surface area contributed by atoms with Crippen molar-refractivity contribution in [3.63, 3.8) is 0 Å². The predicted octanol–water partition coefficient (Wildman–Crippen LogP) is 3.47. The molecule has 0 saturated carbocycles. The molecule has 0 heterocycles. The van der Waals surface area contributed by atoms with E-state index in [1.165, 1.54) is 20.3 Å². The van der Waals surface area contributed by atoms with Gasteiger partial charge < -0.3 is 9.47 Å². The van der Waals surface area contributed by atoms with Crippen LogP contribution in [0.2, 0.25) is 10.0 Å². The van der Waals surface area contributed by atoms with Crippen LogP contribution in [-0.4, -0.2) is 44.8 Å². The van der Waals surface area contributed by atoms with Gasteiger partial charge in [-0.25, -0.2) is 0 Å². The number of halogens is 2. The summed E-state index contributed by atoms with van der Waals surface area (Å²) in [6, 6.07) is 1.51. The van der Waals surface area contributed by atoms with Crippen LogP contribution >= 0.6 is 31.8 Å². The second kappa shape index (κ2) is 8.30. The molecule has 0 spiro atoms. The van der Waals surface area contributed by atoms with Gasteiger partial charge in [-0.1, -0.05) is 30.1 Å². The monoisotopic (exact) mass is 301 g/mol. The first-order chi connectivity index (χ1) is 8.06. The number of carbonyl (C=O) groups is 1. The van der Waals surface area contributed by atoms with Crippen LogP contribution in [0.5, 0.6) is 11.5 Å². The Morgan fingerprint density at radius 1 is 1.22 bits per heavy atom. The van der Waals surface area contributed by atoms with Crippen molar-refractivity contribution in [2.24, 2.45) is 0 Å². The van der Waals surface area contributed by atoms with Crippen LogP contribution in [0.3, 0.4) is 0 Å². The molecule has 0 amide bonds. The second-order valence-electron chi connectivity index (χ2n) is 3.14. The molecular formula is C11H13Cl2LiO3P. The zero-order valence-corrected chi connectivity index (χ0v) is 13.3. The van der Waals surface area contributed by atoms with Crippen molar-refractivity contribution < 1.29 is 14.3 Å². The van der Waals surface area contributed by atoms with Gasteiger partial charge in [0.2, 0.25) is 0 Å². The van der Waals surface area contributed by atoms with Crippen LogP contribution < -0.4 is 9.47 Å². The first-order valence-electron chi connectivity index (χ1n) is 4.94. The largest absolute Gasteiger partial charge is 0.494 e. The van der Waals surface area contributed by atoms with E-state index in [0.29, 0.717) is 27.1 Å². The molecule has 1 aromatic rings. The van der Waals surface area contributed by atoms with Gasteiger partial charge in [-0.15, -0.1) is 0 Å². The standard InChI is InChI=1S/C11H13Cl2O3P.Li/c1-4-17-11(14)8-9(15-2)6(12)5-7(13)10(8)16-3;/h5,17H,4H2,1-3H3;. The van der Waals surface area contributed by atoms with E-state index in [1.54, 1.807) is 0 Å². The van der Waals surface area contributed by atoms with Crippen LogP contribution in [0.25, 0.3) is 0 Å². The minimum absolute atomic E-state index is 0. The number of methoxy groups -OCH3 is 2. The third-order valence-corrected chi connectivity index (χ3v) is 3.60. The average molecular weight is 302 g/mol. The van der Waals surface area contributed by atoms with Crippen LogP contribution in [0.15, 0.2) is 6.07 Å². The van der Waals surface area contributed by atoms with Crippen molar-refractivity contribution in [1.29, 1.82) is 0 Å². The number of carbonyl (C=O) groups excluding carboxylic acids is 1. The van der Waals surface area contributed by atoms with Crippen LogP contribution in [0, 0.1) is 0 Å². The van der Waals surface area contributed by atoms with Gasteiger partial charge in [-0.2, -0.15) is 0 Å². The molecule has 1 radical (unpaired) electrons. The number of ether oxygens (including phenoxy) is 2. The van der Waals surface area contributed by atoms with Crippen molar-refractivity contribution in [3.8, 4) is 11.5 Å². The number of hydrogen-bond acceptors (Lipinski definition) is 3. The molecular weight excluding hydrogens is 289 g/mol. The predicted molar refractivity (Wildman–Crippen MR) is 78.5 cm³/mol. The third-order valence-electron chi connectivity index (χ3n) is 2.11. The van der Waals surface area contributed by atoms with Crippen molar-refractivity contribution in [2.75, 3.05) is 20.4 Å². The Labute approximate surface area is 130 Å². The molecule has 1 unspecified atom stereocenters. The SMILES string of the molecule is CCPC(=O)c1c(OC)c(Cl)cc(Cl)c1OC.[Li]. The van der Waals surface area contributed by atoms with Gasteiger partial charge in [0.15, 0.2) is 17.0 Å². The molecule has 18 heavy (non-hydrogen) atoms. The zero-order chi connectivity index (χ0) is 13.0. The topological polar surface area (TPSA) is 35.5 Å². The van der Waals surface area contributed by atoms with E-state index >= 15 is 0 Å². The molecule has 3 nitrogen and oxygen atoms in total.